The minimum atomic E-state index is 0.362. The molecule has 1 unspecified atom stereocenters. The minimum Gasteiger partial charge on any atom is -0.336 e. The Balaban J connectivity index is 2.09. The molecule has 2 heteroatoms. The predicted molar refractivity (Wildman–Crippen MR) is 61.5 cm³/mol. The molecule has 2 nitrogen and oxygen atoms in total. The van der Waals surface area contributed by atoms with E-state index < -0.39 is 0 Å². The van der Waals surface area contributed by atoms with E-state index in [9.17, 15) is 4.79 Å². The maximum atomic E-state index is 11.6. The van der Waals surface area contributed by atoms with E-state index in [1.54, 1.807) is 5.57 Å². The van der Waals surface area contributed by atoms with Gasteiger partial charge in [0.25, 0.3) is 0 Å². The van der Waals surface area contributed by atoms with Crippen molar-refractivity contribution < 1.29 is 4.79 Å². The van der Waals surface area contributed by atoms with Crippen LogP contribution in [0.5, 0.6) is 0 Å². The molecule has 0 aromatic heterocycles. The fourth-order valence-corrected chi connectivity index (χ4v) is 2.68. The zero-order valence-electron chi connectivity index (χ0n) is 9.83. The van der Waals surface area contributed by atoms with Crippen molar-refractivity contribution in [2.45, 2.75) is 52.0 Å². The van der Waals surface area contributed by atoms with Crippen LogP contribution < -0.4 is 0 Å². The molecule has 1 atom stereocenters. The zero-order chi connectivity index (χ0) is 10.8. The van der Waals surface area contributed by atoms with Gasteiger partial charge in [0, 0.05) is 13.0 Å². The second-order valence-corrected chi connectivity index (χ2v) is 5.05. The van der Waals surface area contributed by atoms with Crippen LogP contribution in [0.2, 0.25) is 0 Å². The van der Waals surface area contributed by atoms with Gasteiger partial charge in [-0.3, -0.25) is 4.79 Å². The number of carbonyl (C=O) groups is 1. The lowest BCUT2D eigenvalue weighted by atomic mass is 9.88. The molecule has 1 heterocycles. The number of hydrogen-bond acceptors (Lipinski definition) is 1. The van der Waals surface area contributed by atoms with E-state index in [1.165, 1.54) is 19.3 Å². The van der Waals surface area contributed by atoms with Crippen LogP contribution in [0.15, 0.2) is 11.6 Å². The Bertz CT molecular complexity index is 280. The van der Waals surface area contributed by atoms with Crippen molar-refractivity contribution in [1.29, 1.82) is 0 Å². The normalized spacial score (nSPS) is 27.4. The van der Waals surface area contributed by atoms with E-state index in [0.29, 0.717) is 17.9 Å². The van der Waals surface area contributed by atoms with E-state index in [0.717, 1.165) is 19.4 Å². The standard InChI is InChI=1S/C13H21NO/c1-10(2)11-5-3-6-12(9-11)14-8-4-7-13(14)15/h9-10,12H,3-8H2,1-2H3. The first-order chi connectivity index (χ1) is 7.18. The molecule has 2 aliphatic rings. The van der Waals surface area contributed by atoms with Gasteiger partial charge in [-0.15, -0.1) is 0 Å². The monoisotopic (exact) mass is 207 g/mol. The van der Waals surface area contributed by atoms with Crippen LogP contribution in [0, 0.1) is 5.92 Å². The van der Waals surface area contributed by atoms with Gasteiger partial charge >= 0.3 is 0 Å². The second kappa shape index (κ2) is 4.38. The number of allylic oxidation sites excluding steroid dienone is 1. The van der Waals surface area contributed by atoms with Gasteiger partial charge in [-0.2, -0.15) is 0 Å². The third-order valence-electron chi connectivity index (χ3n) is 3.62. The Labute approximate surface area is 92.3 Å². The highest BCUT2D eigenvalue weighted by atomic mass is 16.2. The number of likely N-dealkylation sites (tertiary alicyclic amines) is 1. The molecule has 1 fully saturated rings. The molecule has 0 aromatic rings. The third-order valence-corrected chi connectivity index (χ3v) is 3.62. The van der Waals surface area contributed by atoms with Gasteiger partial charge in [-0.05, 0) is 31.6 Å². The molecule has 0 saturated carbocycles. The summed E-state index contributed by atoms with van der Waals surface area (Å²) in [5.74, 6) is 1.01. The molecular weight excluding hydrogens is 186 g/mol. The van der Waals surface area contributed by atoms with Gasteiger partial charge in [0.05, 0.1) is 6.04 Å². The first-order valence-corrected chi connectivity index (χ1v) is 6.18. The van der Waals surface area contributed by atoms with E-state index in [4.69, 9.17) is 0 Å². The van der Waals surface area contributed by atoms with Crippen LogP contribution in [0.3, 0.4) is 0 Å². The van der Waals surface area contributed by atoms with Gasteiger partial charge in [0.1, 0.15) is 0 Å². The lowest BCUT2D eigenvalue weighted by Gasteiger charge is -2.30. The summed E-state index contributed by atoms with van der Waals surface area (Å²) in [5.41, 5.74) is 1.55. The highest BCUT2D eigenvalue weighted by molar-refractivity contribution is 5.78. The summed E-state index contributed by atoms with van der Waals surface area (Å²) < 4.78 is 0. The van der Waals surface area contributed by atoms with Crippen LogP contribution in [-0.4, -0.2) is 23.4 Å². The summed E-state index contributed by atoms with van der Waals surface area (Å²) in [6.45, 7) is 5.48. The van der Waals surface area contributed by atoms with Gasteiger partial charge in [-0.1, -0.05) is 25.5 Å². The topological polar surface area (TPSA) is 20.3 Å². The van der Waals surface area contributed by atoms with Crippen LogP contribution >= 0.6 is 0 Å². The van der Waals surface area contributed by atoms with Gasteiger partial charge in [-0.25, -0.2) is 0 Å². The molecule has 1 saturated heterocycles. The van der Waals surface area contributed by atoms with Crippen molar-refractivity contribution in [3.05, 3.63) is 11.6 Å². The van der Waals surface area contributed by atoms with E-state index in [2.05, 4.69) is 24.8 Å². The first kappa shape index (κ1) is 10.7. The average molecular weight is 207 g/mol. The highest BCUT2D eigenvalue weighted by Gasteiger charge is 2.28. The maximum Gasteiger partial charge on any atom is 0.223 e. The van der Waals surface area contributed by atoms with E-state index in [-0.39, 0.29) is 0 Å². The van der Waals surface area contributed by atoms with Crippen LogP contribution in [0.25, 0.3) is 0 Å². The number of amides is 1. The van der Waals surface area contributed by atoms with Crippen molar-refractivity contribution in [1.82, 2.24) is 4.90 Å². The average Bonchev–Trinajstić information content (AvgIpc) is 2.64. The van der Waals surface area contributed by atoms with Crippen LogP contribution in [0.4, 0.5) is 0 Å². The molecule has 84 valence electrons. The summed E-state index contributed by atoms with van der Waals surface area (Å²) in [5, 5.41) is 0. The Morgan fingerprint density at radius 3 is 2.73 bits per heavy atom. The summed E-state index contributed by atoms with van der Waals surface area (Å²) in [4.78, 5) is 13.7. The number of carbonyl (C=O) groups excluding carboxylic acids is 1. The van der Waals surface area contributed by atoms with Crippen molar-refractivity contribution in [3.63, 3.8) is 0 Å². The molecule has 1 aliphatic heterocycles. The quantitative estimate of drug-likeness (QED) is 0.638. The van der Waals surface area contributed by atoms with Crippen molar-refractivity contribution in [3.8, 4) is 0 Å². The fourth-order valence-electron chi connectivity index (χ4n) is 2.68. The molecule has 0 aromatic carbocycles. The molecule has 2 rings (SSSR count). The largest absolute Gasteiger partial charge is 0.336 e. The molecule has 0 bridgehead atoms. The summed E-state index contributed by atoms with van der Waals surface area (Å²) in [6, 6.07) is 0.408. The Kier molecular flexibility index (Phi) is 3.13. The zero-order valence-corrected chi connectivity index (χ0v) is 9.83. The SMILES string of the molecule is CC(C)C1=CC(N2CCCC2=O)CCC1. The number of rotatable bonds is 2. The number of hydrogen-bond donors (Lipinski definition) is 0. The van der Waals surface area contributed by atoms with Crippen molar-refractivity contribution in [2.24, 2.45) is 5.92 Å². The fraction of sp³-hybridized carbons (Fsp3) is 0.769. The Hall–Kier alpha value is -0.790. The van der Waals surface area contributed by atoms with Crippen molar-refractivity contribution in [2.75, 3.05) is 6.54 Å². The predicted octanol–water partition coefficient (Wildman–Crippen LogP) is 2.74. The molecule has 1 amide bonds. The van der Waals surface area contributed by atoms with Crippen LogP contribution in [0.1, 0.15) is 46.0 Å². The third kappa shape index (κ3) is 2.24. The lowest BCUT2D eigenvalue weighted by molar-refractivity contribution is -0.129. The highest BCUT2D eigenvalue weighted by Crippen LogP contribution is 2.28. The van der Waals surface area contributed by atoms with E-state index >= 15 is 0 Å². The Morgan fingerprint density at radius 1 is 1.33 bits per heavy atom. The van der Waals surface area contributed by atoms with Gasteiger partial charge < -0.3 is 4.90 Å². The summed E-state index contributed by atoms with van der Waals surface area (Å²) >= 11 is 0. The van der Waals surface area contributed by atoms with Gasteiger partial charge in [0.15, 0.2) is 0 Å². The molecule has 0 N–H and O–H groups in total. The van der Waals surface area contributed by atoms with Gasteiger partial charge in [0.2, 0.25) is 5.91 Å². The molecule has 1 aliphatic carbocycles. The minimum absolute atomic E-state index is 0.362. The number of nitrogens with zero attached hydrogens (tertiary/aromatic N) is 1. The Morgan fingerprint density at radius 2 is 2.13 bits per heavy atom. The first-order valence-electron chi connectivity index (χ1n) is 6.18. The van der Waals surface area contributed by atoms with E-state index in [1.807, 2.05) is 0 Å². The summed E-state index contributed by atoms with van der Waals surface area (Å²) in [6.07, 6.45) is 7.83. The molecule has 15 heavy (non-hydrogen) atoms. The smallest absolute Gasteiger partial charge is 0.223 e. The summed E-state index contributed by atoms with van der Waals surface area (Å²) in [7, 11) is 0. The van der Waals surface area contributed by atoms with Crippen molar-refractivity contribution >= 4 is 5.91 Å². The maximum absolute atomic E-state index is 11.6. The molecule has 0 spiro atoms. The van der Waals surface area contributed by atoms with Crippen LogP contribution in [-0.2, 0) is 4.79 Å². The second-order valence-electron chi connectivity index (χ2n) is 5.05. The molecule has 0 radical (unpaired) electrons. The molecular formula is C13H21NO. The lowest BCUT2D eigenvalue weighted by Crippen LogP contribution is -2.36.